The molecule has 1 amide bonds. The number of benzene rings is 1. The number of hydrogen-bond donors (Lipinski definition) is 2. The predicted molar refractivity (Wildman–Crippen MR) is 86.0 cm³/mol. The van der Waals surface area contributed by atoms with Gasteiger partial charge in [-0.25, -0.2) is 8.78 Å². The van der Waals surface area contributed by atoms with Crippen molar-refractivity contribution in [3.63, 3.8) is 0 Å². The zero-order valence-corrected chi connectivity index (χ0v) is 14.1. The van der Waals surface area contributed by atoms with Gasteiger partial charge in [0.15, 0.2) is 0 Å². The Kier molecular flexibility index (Phi) is 3.47. The number of aliphatic carboxylic acids is 1. The summed E-state index contributed by atoms with van der Waals surface area (Å²) in [7, 11) is 0. The maximum absolute atomic E-state index is 14.1. The smallest absolute Gasteiger partial charge is 0.309 e. The van der Waals surface area contributed by atoms with Crippen LogP contribution in [0.4, 0.5) is 8.78 Å². The molecule has 1 aromatic carbocycles. The number of halogens is 2. The second-order valence-electron chi connectivity index (χ2n) is 8.38. The summed E-state index contributed by atoms with van der Waals surface area (Å²) < 4.78 is 28.3. The molecule has 2 N–H and O–H groups in total. The number of aryl methyl sites for hydroxylation is 1. The van der Waals surface area contributed by atoms with Crippen molar-refractivity contribution in [1.82, 2.24) is 5.32 Å². The molecule has 5 rings (SSSR count). The van der Waals surface area contributed by atoms with Crippen molar-refractivity contribution in [2.24, 2.45) is 17.3 Å². The molecule has 0 radical (unpaired) electrons. The average molecular weight is 349 g/mol. The van der Waals surface area contributed by atoms with Gasteiger partial charge in [-0.1, -0.05) is 0 Å². The minimum Gasteiger partial charge on any atom is -0.481 e. The zero-order chi connectivity index (χ0) is 18.0. The highest BCUT2D eigenvalue weighted by Gasteiger charge is 2.61. The molecule has 0 saturated heterocycles. The third kappa shape index (κ3) is 2.53. The molecule has 4 bridgehead atoms. The van der Waals surface area contributed by atoms with Crippen molar-refractivity contribution in [1.29, 1.82) is 0 Å². The monoisotopic (exact) mass is 349 g/mol. The van der Waals surface area contributed by atoms with E-state index in [2.05, 4.69) is 5.32 Å². The predicted octanol–water partition coefficient (Wildman–Crippen LogP) is 3.43. The first-order chi connectivity index (χ1) is 11.7. The number of nitrogens with one attached hydrogen (secondary N) is 1. The Hall–Kier alpha value is -1.98. The maximum Gasteiger partial charge on any atom is 0.309 e. The number of rotatable bonds is 3. The molecule has 6 heteroatoms. The summed E-state index contributed by atoms with van der Waals surface area (Å²) in [5, 5.41) is 12.6. The number of carboxylic acid groups (broad SMARTS) is 1. The summed E-state index contributed by atoms with van der Waals surface area (Å²) >= 11 is 0. The van der Waals surface area contributed by atoms with Crippen molar-refractivity contribution in [2.45, 2.75) is 51.0 Å². The number of amides is 1. The van der Waals surface area contributed by atoms with E-state index >= 15 is 0 Å². The number of carbonyl (C=O) groups excluding carboxylic acids is 1. The van der Waals surface area contributed by atoms with Crippen molar-refractivity contribution in [3.8, 4) is 0 Å². The Morgan fingerprint density at radius 1 is 1.12 bits per heavy atom. The van der Waals surface area contributed by atoms with Gasteiger partial charge in [-0.15, -0.1) is 0 Å². The molecule has 25 heavy (non-hydrogen) atoms. The molecule has 134 valence electrons. The lowest BCUT2D eigenvalue weighted by atomic mass is 9.47. The van der Waals surface area contributed by atoms with E-state index in [0.717, 1.165) is 18.6 Å². The van der Waals surface area contributed by atoms with Gasteiger partial charge in [-0.05, 0) is 75.0 Å². The first-order valence-corrected chi connectivity index (χ1v) is 8.74. The molecule has 4 nitrogen and oxygen atoms in total. The van der Waals surface area contributed by atoms with Crippen LogP contribution in [0.2, 0.25) is 0 Å². The molecule has 0 heterocycles. The van der Waals surface area contributed by atoms with E-state index in [1.807, 2.05) is 0 Å². The first-order valence-electron chi connectivity index (χ1n) is 8.74. The second-order valence-corrected chi connectivity index (χ2v) is 8.38. The molecule has 0 aliphatic heterocycles. The van der Waals surface area contributed by atoms with Crippen molar-refractivity contribution >= 4 is 11.9 Å². The van der Waals surface area contributed by atoms with Gasteiger partial charge in [0.25, 0.3) is 5.91 Å². The minimum atomic E-state index is -0.882. The standard InChI is InChI=1S/C19H21F2NO3/c1-10-2-13(20)15(14(21)3-10)16(23)22-19-7-11-4-12(8-19)6-18(5-11,9-19)17(24)25/h2-3,11-12H,4-9H2,1H3,(H,22,23)(H,24,25). The fourth-order valence-electron chi connectivity index (χ4n) is 5.88. The molecule has 2 unspecified atom stereocenters. The summed E-state index contributed by atoms with van der Waals surface area (Å²) in [5.74, 6) is -2.85. The summed E-state index contributed by atoms with van der Waals surface area (Å²) in [6.45, 7) is 1.56. The van der Waals surface area contributed by atoms with Crippen molar-refractivity contribution < 1.29 is 23.5 Å². The Balaban J connectivity index is 1.65. The summed E-state index contributed by atoms with van der Waals surface area (Å²) in [5.41, 5.74) is -1.64. The van der Waals surface area contributed by atoms with E-state index < -0.39 is 40.0 Å². The van der Waals surface area contributed by atoms with E-state index in [0.29, 0.717) is 37.7 Å². The van der Waals surface area contributed by atoms with Gasteiger partial charge in [0.2, 0.25) is 0 Å². The Morgan fingerprint density at radius 2 is 1.68 bits per heavy atom. The average Bonchev–Trinajstić information content (AvgIpc) is 2.43. The second kappa shape index (κ2) is 5.26. The number of hydrogen-bond acceptors (Lipinski definition) is 2. The van der Waals surface area contributed by atoms with E-state index in [9.17, 15) is 23.5 Å². The Morgan fingerprint density at radius 3 is 2.20 bits per heavy atom. The molecule has 4 saturated carbocycles. The van der Waals surface area contributed by atoms with Crippen LogP contribution in [0.3, 0.4) is 0 Å². The van der Waals surface area contributed by atoms with E-state index in [4.69, 9.17) is 0 Å². The van der Waals surface area contributed by atoms with Crippen molar-refractivity contribution in [3.05, 3.63) is 34.9 Å². The quantitative estimate of drug-likeness (QED) is 0.879. The van der Waals surface area contributed by atoms with Crippen LogP contribution in [0.1, 0.15) is 54.4 Å². The van der Waals surface area contributed by atoms with Crippen LogP contribution in [0.5, 0.6) is 0 Å². The van der Waals surface area contributed by atoms with Gasteiger partial charge in [-0.3, -0.25) is 9.59 Å². The first kappa shape index (κ1) is 16.5. The topological polar surface area (TPSA) is 66.4 Å². The molecule has 2 atom stereocenters. The van der Waals surface area contributed by atoms with Crippen LogP contribution >= 0.6 is 0 Å². The van der Waals surface area contributed by atoms with E-state index in [-0.39, 0.29) is 11.8 Å². The SMILES string of the molecule is Cc1cc(F)c(C(=O)NC23CC4CC(C2)CC(C(=O)O)(C4)C3)c(F)c1. The maximum atomic E-state index is 14.1. The van der Waals surface area contributed by atoms with Gasteiger partial charge in [-0.2, -0.15) is 0 Å². The van der Waals surface area contributed by atoms with Crippen LogP contribution in [0.15, 0.2) is 12.1 Å². The summed E-state index contributed by atoms with van der Waals surface area (Å²) in [4.78, 5) is 24.5. The molecule has 0 spiro atoms. The van der Waals surface area contributed by atoms with Gasteiger partial charge in [0.1, 0.15) is 17.2 Å². The minimum absolute atomic E-state index is 0.255. The lowest BCUT2D eigenvalue weighted by molar-refractivity contribution is -0.167. The molecular weight excluding hydrogens is 328 g/mol. The Bertz CT molecular complexity index is 739. The van der Waals surface area contributed by atoms with Crippen LogP contribution in [-0.2, 0) is 4.79 Å². The largest absolute Gasteiger partial charge is 0.481 e. The normalized spacial score (nSPS) is 35.6. The molecule has 1 aromatic rings. The van der Waals surface area contributed by atoms with Crippen LogP contribution in [-0.4, -0.2) is 22.5 Å². The van der Waals surface area contributed by atoms with Crippen LogP contribution in [0.25, 0.3) is 0 Å². The highest BCUT2D eigenvalue weighted by atomic mass is 19.1. The number of carbonyl (C=O) groups is 2. The van der Waals surface area contributed by atoms with Gasteiger partial charge >= 0.3 is 5.97 Å². The third-order valence-electron chi connectivity index (χ3n) is 6.31. The lowest BCUT2D eigenvalue weighted by Gasteiger charge is -2.60. The lowest BCUT2D eigenvalue weighted by Crippen LogP contribution is -2.64. The van der Waals surface area contributed by atoms with E-state index in [1.54, 1.807) is 6.92 Å². The van der Waals surface area contributed by atoms with Gasteiger partial charge < -0.3 is 10.4 Å². The fourth-order valence-corrected chi connectivity index (χ4v) is 5.88. The van der Waals surface area contributed by atoms with Crippen LogP contribution < -0.4 is 5.32 Å². The highest BCUT2D eigenvalue weighted by Crippen LogP contribution is 2.61. The zero-order valence-electron chi connectivity index (χ0n) is 14.1. The molecular formula is C19H21F2NO3. The van der Waals surface area contributed by atoms with Gasteiger partial charge in [0, 0.05) is 5.54 Å². The van der Waals surface area contributed by atoms with E-state index in [1.165, 1.54) is 0 Å². The fraction of sp³-hybridized carbons (Fsp3) is 0.579. The molecule has 0 aromatic heterocycles. The van der Waals surface area contributed by atoms with Crippen LogP contribution in [0, 0.1) is 35.8 Å². The third-order valence-corrected chi connectivity index (χ3v) is 6.31. The molecule has 4 fully saturated rings. The Labute approximate surface area is 144 Å². The van der Waals surface area contributed by atoms with Crippen molar-refractivity contribution in [2.75, 3.05) is 0 Å². The van der Waals surface area contributed by atoms with Gasteiger partial charge in [0.05, 0.1) is 5.41 Å². The molecule has 4 aliphatic carbocycles. The summed E-state index contributed by atoms with van der Waals surface area (Å²) in [6, 6.07) is 2.27. The number of carboxylic acids is 1. The highest BCUT2D eigenvalue weighted by molar-refractivity contribution is 5.95. The molecule has 4 aliphatic rings. The summed E-state index contributed by atoms with van der Waals surface area (Å²) in [6.07, 6.45) is 4.01.